The number of esters is 1. The number of hydrogen-bond donors (Lipinski definition) is 2. The Kier molecular flexibility index (Phi) is 7.99. The van der Waals surface area contributed by atoms with Gasteiger partial charge in [0.1, 0.15) is 6.61 Å². The Morgan fingerprint density at radius 2 is 1.82 bits per heavy atom. The summed E-state index contributed by atoms with van der Waals surface area (Å²) in [6.07, 6.45) is 6.63. The molecule has 0 unspecified atom stereocenters. The minimum atomic E-state index is -1.16. The zero-order chi connectivity index (χ0) is 20.6. The summed E-state index contributed by atoms with van der Waals surface area (Å²) in [5.74, 6) is -0.445. The molecule has 1 aromatic carbocycles. The first-order valence-corrected chi connectivity index (χ1v) is 9.84. The number of nitrogens with zero attached hydrogens (tertiary/aromatic N) is 2. The molecule has 1 fully saturated rings. The number of aliphatic imine (C=N–C) groups is 1. The summed E-state index contributed by atoms with van der Waals surface area (Å²) in [5, 5.41) is 8.91. The van der Waals surface area contributed by atoms with Gasteiger partial charge in [-0.05, 0) is 45.2 Å². The zero-order valence-electron chi connectivity index (χ0n) is 16.8. The number of carboxylic acid groups (broad SMARTS) is 1. The molecule has 1 aromatic rings. The van der Waals surface area contributed by atoms with Gasteiger partial charge in [-0.2, -0.15) is 0 Å². The Hall–Kier alpha value is -2.41. The first-order chi connectivity index (χ1) is 13.3. The van der Waals surface area contributed by atoms with E-state index in [-0.39, 0.29) is 17.7 Å². The molecule has 7 heteroatoms. The monoisotopic (exact) mass is 389 g/mol. The van der Waals surface area contributed by atoms with E-state index in [1.54, 1.807) is 26.0 Å². The lowest BCUT2D eigenvalue weighted by Gasteiger charge is -2.27. The normalized spacial score (nSPS) is 16.7. The summed E-state index contributed by atoms with van der Waals surface area (Å²) < 4.78 is 4.96. The molecule has 0 amide bonds. The van der Waals surface area contributed by atoms with Crippen molar-refractivity contribution in [2.24, 2.45) is 10.7 Å². The standard InChI is InChI=1S/C12H15NO4.C9H16N2/c1-12(2,13)7-17-11(16)9-6-4-3-5-8(9)10(14)15;1-2-5-9-10-6-4-8-11(9)7-3-1/h3-6H,7,13H2,1-2H3,(H,14,15);1-8H2. The third kappa shape index (κ3) is 6.96. The van der Waals surface area contributed by atoms with Crippen LogP contribution >= 0.6 is 0 Å². The Morgan fingerprint density at radius 3 is 2.50 bits per heavy atom. The third-order valence-corrected chi connectivity index (χ3v) is 4.53. The number of fused-ring (bicyclic) bond motifs is 1. The molecule has 3 N–H and O–H groups in total. The van der Waals surface area contributed by atoms with E-state index in [0.29, 0.717) is 0 Å². The van der Waals surface area contributed by atoms with Crippen LogP contribution in [-0.2, 0) is 4.74 Å². The maximum absolute atomic E-state index is 11.7. The van der Waals surface area contributed by atoms with Gasteiger partial charge in [-0.1, -0.05) is 18.6 Å². The van der Waals surface area contributed by atoms with Crippen molar-refractivity contribution >= 4 is 17.8 Å². The molecule has 3 rings (SSSR count). The Morgan fingerprint density at radius 1 is 1.14 bits per heavy atom. The maximum atomic E-state index is 11.7. The molecular weight excluding hydrogens is 358 g/mol. The summed E-state index contributed by atoms with van der Waals surface area (Å²) in [6, 6.07) is 5.89. The van der Waals surface area contributed by atoms with Gasteiger partial charge in [0.25, 0.3) is 0 Å². The van der Waals surface area contributed by atoms with E-state index < -0.39 is 17.5 Å². The van der Waals surface area contributed by atoms with Crippen LogP contribution in [0.5, 0.6) is 0 Å². The van der Waals surface area contributed by atoms with Crippen LogP contribution in [0.3, 0.4) is 0 Å². The molecule has 2 heterocycles. The largest absolute Gasteiger partial charge is 0.478 e. The topological polar surface area (TPSA) is 105 Å². The predicted octanol–water partition coefficient (Wildman–Crippen LogP) is 2.94. The summed E-state index contributed by atoms with van der Waals surface area (Å²) >= 11 is 0. The fraction of sp³-hybridized carbons (Fsp3) is 0.571. The highest BCUT2D eigenvalue weighted by Crippen LogP contribution is 2.15. The van der Waals surface area contributed by atoms with Crippen LogP contribution in [0.2, 0.25) is 0 Å². The first kappa shape index (κ1) is 21.9. The van der Waals surface area contributed by atoms with E-state index in [0.717, 1.165) is 6.54 Å². The number of ether oxygens (including phenoxy) is 1. The van der Waals surface area contributed by atoms with Crippen molar-refractivity contribution in [3.05, 3.63) is 35.4 Å². The Balaban J connectivity index is 0.000000218. The van der Waals surface area contributed by atoms with Gasteiger partial charge < -0.3 is 20.5 Å². The molecule has 154 valence electrons. The number of aromatic carboxylic acids is 1. The highest BCUT2D eigenvalue weighted by Gasteiger charge is 2.20. The molecule has 1 saturated heterocycles. The van der Waals surface area contributed by atoms with Crippen molar-refractivity contribution in [2.45, 2.75) is 51.5 Å². The number of rotatable bonds is 4. The van der Waals surface area contributed by atoms with Crippen molar-refractivity contribution in [3.63, 3.8) is 0 Å². The van der Waals surface area contributed by atoms with E-state index in [1.165, 1.54) is 63.2 Å². The van der Waals surface area contributed by atoms with Gasteiger partial charge in [0, 0.05) is 31.6 Å². The van der Waals surface area contributed by atoms with Crippen LogP contribution in [-0.4, -0.2) is 59.6 Å². The average Bonchev–Trinajstić information content (AvgIpc) is 2.91. The molecule has 0 atom stereocenters. The second-order valence-electron chi connectivity index (χ2n) is 7.86. The molecule has 0 aliphatic carbocycles. The van der Waals surface area contributed by atoms with E-state index in [2.05, 4.69) is 9.89 Å². The van der Waals surface area contributed by atoms with Gasteiger partial charge in [0.15, 0.2) is 0 Å². The maximum Gasteiger partial charge on any atom is 0.339 e. The van der Waals surface area contributed by atoms with Crippen LogP contribution in [0.4, 0.5) is 0 Å². The molecule has 0 saturated carbocycles. The number of carboxylic acids is 1. The van der Waals surface area contributed by atoms with E-state index in [1.807, 2.05) is 0 Å². The van der Waals surface area contributed by atoms with Crippen LogP contribution in [0.15, 0.2) is 29.3 Å². The zero-order valence-corrected chi connectivity index (χ0v) is 16.8. The van der Waals surface area contributed by atoms with Gasteiger partial charge in [-0.25, -0.2) is 9.59 Å². The lowest BCUT2D eigenvalue weighted by atomic mass is 10.1. The molecule has 0 bridgehead atoms. The molecule has 0 aromatic heterocycles. The highest BCUT2D eigenvalue weighted by molar-refractivity contribution is 6.02. The van der Waals surface area contributed by atoms with Gasteiger partial charge in [-0.15, -0.1) is 0 Å². The van der Waals surface area contributed by atoms with Gasteiger partial charge in [0.05, 0.1) is 17.0 Å². The molecule has 0 radical (unpaired) electrons. The molecule has 28 heavy (non-hydrogen) atoms. The average molecular weight is 389 g/mol. The van der Waals surface area contributed by atoms with E-state index >= 15 is 0 Å². The van der Waals surface area contributed by atoms with Crippen molar-refractivity contribution in [3.8, 4) is 0 Å². The van der Waals surface area contributed by atoms with Gasteiger partial charge >= 0.3 is 11.9 Å². The van der Waals surface area contributed by atoms with E-state index in [4.69, 9.17) is 15.6 Å². The molecule has 2 aliphatic heterocycles. The van der Waals surface area contributed by atoms with Gasteiger partial charge in [0.2, 0.25) is 0 Å². The fourth-order valence-corrected chi connectivity index (χ4v) is 3.12. The smallest absolute Gasteiger partial charge is 0.339 e. The highest BCUT2D eigenvalue weighted by atomic mass is 16.5. The minimum absolute atomic E-state index is 0.0276. The fourth-order valence-electron chi connectivity index (χ4n) is 3.12. The summed E-state index contributed by atoms with van der Waals surface area (Å²) in [4.78, 5) is 29.6. The summed E-state index contributed by atoms with van der Waals surface area (Å²) in [6.45, 7) is 7.05. The van der Waals surface area contributed by atoms with E-state index in [9.17, 15) is 9.59 Å². The predicted molar refractivity (Wildman–Crippen MR) is 109 cm³/mol. The number of benzene rings is 1. The Bertz CT molecular complexity index is 710. The molecule has 2 aliphatic rings. The second-order valence-corrected chi connectivity index (χ2v) is 7.86. The van der Waals surface area contributed by atoms with Crippen LogP contribution in [0.25, 0.3) is 0 Å². The van der Waals surface area contributed by atoms with Gasteiger partial charge in [-0.3, -0.25) is 4.99 Å². The van der Waals surface area contributed by atoms with Crippen molar-refractivity contribution in [1.29, 1.82) is 0 Å². The number of amidine groups is 1. The first-order valence-electron chi connectivity index (χ1n) is 9.84. The molecular formula is C21H31N3O4. The third-order valence-electron chi connectivity index (χ3n) is 4.53. The van der Waals surface area contributed by atoms with Crippen LogP contribution < -0.4 is 5.73 Å². The second kappa shape index (κ2) is 10.2. The quantitative estimate of drug-likeness (QED) is 0.767. The lowest BCUT2D eigenvalue weighted by Crippen LogP contribution is -2.38. The van der Waals surface area contributed by atoms with Crippen molar-refractivity contribution < 1.29 is 19.4 Å². The Labute approximate surface area is 166 Å². The van der Waals surface area contributed by atoms with Crippen molar-refractivity contribution in [2.75, 3.05) is 26.2 Å². The van der Waals surface area contributed by atoms with Crippen LogP contribution in [0.1, 0.15) is 66.7 Å². The minimum Gasteiger partial charge on any atom is -0.478 e. The molecule has 0 spiro atoms. The number of hydrogen-bond acceptors (Lipinski definition) is 6. The number of carbonyl (C=O) groups is 2. The number of nitrogens with two attached hydrogens (primary N) is 1. The van der Waals surface area contributed by atoms with Crippen LogP contribution in [0, 0.1) is 0 Å². The SMILES string of the molecule is C1CCC2=NCCCN2CC1.CC(C)(N)COC(=O)c1ccccc1C(=O)O. The molecule has 7 nitrogen and oxygen atoms in total. The summed E-state index contributed by atoms with van der Waals surface area (Å²) in [5.41, 5.74) is 4.98. The lowest BCUT2D eigenvalue weighted by molar-refractivity contribution is 0.0425. The summed E-state index contributed by atoms with van der Waals surface area (Å²) in [7, 11) is 0. The number of carbonyl (C=O) groups excluding carboxylic acids is 1. The van der Waals surface area contributed by atoms with Crippen molar-refractivity contribution in [1.82, 2.24) is 4.90 Å².